The second-order valence-corrected chi connectivity index (χ2v) is 5.16. The lowest BCUT2D eigenvalue weighted by molar-refractivity contribution is 0.102. The van der Waals surface area contributed by atoms with Gasteiger partial charge in [-0.15, -0.1) is 0 Å². The van der Waals surface area contributed by atoms with E-state index in [0.29, 0.717) is 20.9 Å². The van der Waals surface area contributed by atoms with Gasteiger partial charge in [0.05, 0.1) is 16.9 Å². The van der Waals surface area contributed by atoms with Gasteiger partial charge in [-0.2, -0.15) is 0 Å². The minimum Gasteiger partial charge on any atom is -0.397 e. The largest absolute Gasteiger partial charge is 0.397 e. The highest BCUT2D eigenvalue weighted by Gasteiger charge is 2.13. The standard InChI is InChI=1S/C13H9BrClFN2O/c14-7-1-3-9(10(16)5-7)13(19)18-12-4-2-8(15)6-11(12)17/h1-6H,17H2,(H,18,19). The predicted octanol–water partition coefficient (Wildman–Crippen LogP) is 4.08. The van der Waals surface area contributed by atoms with Crippen LogP contribution in [0.2, 0.25) is 5.02 Å². The molecule has 1 amide bonds. The summed E-state index contributed by atoms with van der Waals surface area (Å²) in [5.41, 5.74) is 6.36. The topological polar surface area (TPSA) is 55.1 Å². The van der Waals surface area contributed by atoms with Gasteiger partial charge in [0.1, 0.15) is 5.82 Å². The van der Waals surface area contributed by atoms with E-state index >= 15 is 0 Å². The molecule has 0 atom stereocenters. The van der Waals surface area contributed by atoms with E-state index in [1.54, 1.807) is 18.2 Å². The lowest BCUT2D eigenvalue weighted by Gasteiger charge is -2.09. The van der Waals surface area contributed by atoms with Crippen molar-refractivity contribution in [2.45, 2.75) is 0 Å². The summed E-state index contributed by atoms with van der Waals surface area (Å²) in [6, 6.07) is 8.86. The molecule has 0 aromatic heterocycles. The van der Waals surface area contributed by atoms with Crippen LogP contribution in [0.25, 0.3) is 0 Å². The highest BCUT2D eigenvalue weighted by molar-refractivity contribution is 9.10. The molecule has 0 unspecified atom stereocenters. The average Bonchev–Trinajstić information content (AvgIpc) is 2.32. The van der Waals surface area contributed by atoms with Crippen LogP contribution >= 0.6 is 27.5 Å². The number of nitrogens with one attached hydrogen (secondary N) is 1. The fraction of sp³-hybridized carbons (Fsp3) is 0. The second kappa shape index (κ2) is 5.59. The zero-order chi connectivity index (χ0) is 14.0. The van der Waals surface area contributed by atoms with Crippen LogP contribution in [0.3, 0.4) is 0 Å². The van der Waals surface area contributed by atoms with E-state index in [1.807, 2.05) is 0 Å². The summed E-state index contributed by atoms with van der Waals surface area (Å²) in [6.07, 6.45) is 0. The quantitative estimate of drug-likeness (QED) is 0.807. The van der Waals surface area contributed by atoms with Crippen molar-refractivity contribution in [1.29, 1.82) is 0 Å². The maximum Gasteiger partial charge on any atom is 0.258 e. The third-order valence-electron chi connectivity index (χ3n) is 2.44. The number of hydrogen-bond donors (Lipinski definition) is 2. The van der Waals surface area contributed by atoms with Gasteiger partial charge < -0.3 is 11.1 Å². The highest BCUT2D eigenvalue weighted by Crippen LogP contribution is 2.24. The van der Waals surface area contributed by atoms with Gasteiger partial charge in [0.25, 0.3) is 5.91 Å². The Labute approximate surface area is 122 Å². The number of carbonyl (C=O) groups excluding carboxylic acids is 1. The molecule has 0 heterocycles. The summed E-state index contributed by atoms with van der Waals surface area (Å²) in [6.45, 7) is 0. The van der Waals surface area contributed by atoms with E-state index in [9.17, 15) is 9.18 Å². The Kier molecular flexibility index (Phi) is 4.07. The number of nitrogens with two attached hydrogens (primary N) is 1. The molecule has 6 heteroatoms. The van der Waals surface area contributed by atoms with Crippen molar-refractivity contribution in [3.8, 4) is 0 Å². The number of nitrogen functional groups attached to an aromatic ring is 1. The number of halogens is 3. The molecule has 2 aromatic carbocycles. The molecule has 0 radical (unpaired) electrons. The Bertz CT molecular complexity index is 649. The smallest absolute Gasteiger partial charge is 0.258 e. The average molecular weight is 344 g/mol. The Morgan fingerprint density at radius 1 is 1.26 bits per heavy atom. The van der Waals surface area contributed by atoms with Gasteiger partial charge >= 0.3 is 0 Å². The van der Waals surface area contributed by atoms with Crippen LogP contribution in [0.1, 0.15) is 10.4 Å². The number of hydrogen-bond acceptors (Lipinski definition) is 2. The van der Waals surface area contributed by atoms with E-state index < -0.39 is 11.7 Å². The van der Waals surface area contributed by atoms with Gasteiger partial charge in [-0.05, 0) is 36.4 Å². The zero-order valence-corrected chi connectivity index (χ0v) is 11.9. The van der Waals surface area contributed by atoms with Gasteiger partial charge in [-0.1, -0.05) is 27.5 Å². The van der Waals surface area contributed by atoms with Crippen molar-refractivity contribution in [3.63, 3.8) is 0 Å². The SMILES string of the molecule is Nc1cc(Cl)ccc1NC(=O)c1ccc(Br)cc1F. The molecule has 98 valence electrons. The summed E-state index contributed by atoms with van der Waals surface area (Å²) in [7, 11) is 0. The molecule has 0 spiro atoms. The van der Waals surface area contributed by atoms with Crippen LogP contribution in [0.4, 0.5) is 15.8 Å². The number of amides is 1. The van der Waals surface area contributed by atoms with Crippen LogP contribution in [-0.4, -0.2) is 5.91 Å². The fourth-order valence-electron chi connectivity index (χ4n) is 1.51. The fourth-order valence-corrected chi connectivity index (χ4v) is 2.02. The van der Waals surface area contributed by atoms with Crippen LogP contribution in [-0.2, 0) is 0 Å². The molecule has 0 bridgehead atoms. The summed E-state index contributed by atoms with van der Waals surface area (Å²) in [5.74, 6) is -1.18. The van der Waals surface area contributed by atoms with Gasteiger partial charge in [-0.3, -0.25) is 4.79 Å². The van der Waals surface area contributed by atoms with Crippen LogP contribution < -0.4 is 11.1 Å². The molecular formula is C13H9BrClFN2O. The van der Waals surface area contributed by atoms with Gasteiger partial charge in [-0.25, -0.2) is 4.39 Å². The van der Waals surface area contributed by atoms with Crippen LogP contribution in [0.5, 0.6) is 0 Å². The van der Waals surface area contributed by atoms with Crippen molar-refractivity contribution in [3.05, 3.63) is 57.3 Å². The maximum absolute atomic E-state index is 13.6. The second-order valence-electron chi connectivity index (χ2n) is 3.81. The molecule has 0 saturated carbocycles. The molecular weight excluding hydrogens is 335 g/mol. The van der Waals surface area contributed by atoms with E-state index in [4.69, 9.17) is 17.3 Å². The molecule has 3 N–H and O–H groups in total. The molecule has 0 fully saturated rings. The minimum atomic E-state index is -0.612. The van der Waals surface area contributed by atoms with E-state index in [1.165, 1.54) is 18.2 Å². The Balaban J connectivity index is 2.25. The molecule has 0 aliphatic heterocycles. The third kappa shape index (κ3) is 3.24. The van der Waals surface area contributed by atoms with Crippen LogP contribution in [0, 0.1) is 5.82 Å². The first-order chi connectivity index (χ1) is 8.97. The zero-order valence-electron chi connectivity index (χ0n) is 9.58. The van der Waals surface area contributed by atoms with Gasteiger partial charge in [0.15, 0.2) is 0 Å². The van der Waals surface area contributed by atoms with Gasteiger partial charge in [0, 0.05) is 9.50 Å². The van der Waals surface area contributed by atoms with Crippen molar-refractivity contribution < 1.29 is 9.18 Å². The molecule has 0 saturated heterocycles. The van der Waals surface area contributed by atoms with Crippen molar-refractivity contribution in [1.82, 2.24) is 0 Å². The number of rotatable bonds is 2. The summed E-state index contributed by atoms with van der Waals surface area (Å²) in [4.78, 5) is 11.9. The normalized spacial score (nSPS) is 10.3. The molecule has 3 nitrogen and oxygen atoms in total. The third-order valence-corrected chi connectivity index (χ3v) is 3.17. The number of carbonyl (C=O) groups is 1. The molecule has 0 aliphatic carbocycles. The minimum absolute atomic E-state index is 0.0578. The lowest BCUT2D eigenvalue weighted by atomic mass is 10.2. The Morgan fingerprint density at radius 2 is 2.00 bits per heavy atom. The highest BCUT2D eigenvalue weighted by atomic mass is 79.9. The monoisotopic (exact) mass is 342 g/mol. The first-order valence-corrected chi connectivity index (χ1v) is 6.46. The van der Waals surface area contributed by atoms with E-state index in [2.05, 4.69) is 21.2 Å². The summed E-state index contributed by atoms with van der Waals surface area (Å²) < 4.78 is 14.2. The van der Waals surface area contributed by atoms with E-state index in [-0.39, 0.29) is 5.56 Å². The van der Waals surface area contributed by atoms with E-state index in [0.717, 1.165) is 0 Å². The number of anilines is 2. The molecule has 2 rings (SSSR count). The lowest BCUT2D eigenvalue weighted by Crippen LogP contribution is -2.14. The Hall–Kier alpha value is -1.59. The first-order valence-electron chi connectivity index (χ1n) is 5.29. The van der Waals surface area contributed by atoms with Crippen molar-refractivity contribution in [2.75, 3.05) is 11.1 Å². The molecule has 2 aromatic rings. The first kappa shape index (κ1) is 13.8. The Morgan fingerprint density at radius 3 is 2.63 bits per heavy atom. The van der Waals surface area contributed by atoms with Crippen molar-refractivity contribution >= 4 is 44.8 Å². The predicted molar refractivity (Wildman–Crippen MR) is 77.9 cm³/mol. The molecule has 19 heavy (non-hydrogen) atoms. The number of benzene rings is 2. The van der Waals surface area contributed by atoms with Gasteiger partial charge in [0.2, 0.25) is 0 Å². The van der Waals surface area contributed by atoms with Crippen LogP contribution in [0.15, 0.2) is 40.9 Å². The summed E-state index contributed by atoms with van der Waals surface area (Å²) >= 11 is 8.88. The maximum atomic E-state index is 13.6. The molecule has 0 aliphatic rings. The summed E-state index contributed by atoms with van der Waals surface area (Å²) in [5, 5.41) is 3.00. The van der Waals surface area contributed by atoms with Crippen molar-refractivity contribution in [2.24, 2.45) is 0 Å².